The quantitative estimate of drug-likeness (QED) is 0.363. The molecule has 12 heteroatoms. The third-order valence-corrected chi connectivity index (χ3v) is 8.69. The van der Waals surface area contributed by atoms with Crippen LogP contribution in [0.2, 0.25) is 0 Å². The van der Waals surface area contributed by atoms with Crippen molar-refractivity contribution in [3.8, 4) is 5.75 Å². The zero-order valence-corrected chi connectivity index (χ0v) is 22.8. The summed E-state index contributed by atoms with van der Waals surface area (Å²) in [4.78, 5) is 16.1. The number of nitrogens with zero attached hydrogens (tertiary/aromatic N) is 3. The molecule has 1 fully saturated rings. The average Bonchev–Trinajstić information content (AvgIpc) is 2.95. The fourth-order valence-electron chi connectivity index (χ4n) is 4.57. The van der Waals surface area contributed by atoms with E-state index in [9.17, 15) is 30.8 Å². The van der Waals surface area contributed by atoms with Gasteiger partial charge in [-0.2, -0.15) is 13.2 Å². The topological polar surface area (TPSA) is 70.2 Å². The lowest BCUT2D eigenvalue weighted by molar-refractivity contribution is -0.138. The zero-order valence-electron chi connectivity index (χ0n) is 22.0. The van der Waals surface area contributed by atoms with E-state index in [1.165, 1.54) is 35.5 Å². The Morgan fingerprint density at radius 1 is 0.975 bits per heavy atom. The number of carbonyl (C=O) groups excluding carboxylic acids is 1. The summed E-state index contributed by atoms with van der Waals surface area (Å²) in [5, 5.41) is 0. The molecule has 1 aliphatic heterocycles. The van der Waals surface area contributed by atoms with Gasteiger partial charge in [0.1, 0.15) is 11.6 Å². The molecule has 40 heavy (non-hydrogen) atoms. The first kappa shape index (κ1) is 29.3. The summed E-state index contributed by atoms with van der Waals surface area (Å²) in [6.07, 6.45) is -4.35. The minimum atomic E-state index is -4.89. The molecule has 0 aliphatic carbocycles. The Labute approximate surface area is 230 Å². The highest BCUT2D eigenvalue weighted by Crippen LogP contribution is 2.35. The average molecular weight is 580 g/mol. The Morgan fingerprint density at radius 3 is 2.27 bits per heavy atom. The number of hydrogen-bond donors (Lipinski definition) is 0. The predicted molar refractivity (Wildman–Crippen MR) is 142 cm³/mol. The molecule has 3 aromatic rings. The number of rotatable bonds is 8. The summed E-state index contributed by atoms with van der Waals surface area (Å²) in [7, 11) is -0.867. The van der Waals surface area contributed by atoms with Crippen molar-refractivity contribution < 1.29 is 35.5 Å². The molecule has 1 heterocycles. The normalized spacial score (nSPS) is 14.5. The Kier molecular flexibility index (Phi) is 8.69. The fraction of sp³-hybridized carbons (Fsp3) is 0.321. The molecule has 0 unspecified atom stereocenters. The largest absolute Gasteiger partial charge is 0.495 e. The van der Waals surface area contributed by atoms with E-state index in [0.717, 1.165) is 17.7 Å². The van der Waals surface area contributed by atoms with Gasteiger partial charge in [0.05, 0.1) is 28.8 Å². The number of sulfonamides is 1. The van der Waals surface area contributed by atoms with Gasteiger partial charge in [0.25, 0.3) is 5.91 Å². The van der Waals surface area contributed by atoms with Gasteiger partial charge >= 0.3 is 6.18 Å². The molecule has 0 saturated carbocycles. The Bertz CT molecular complexity index is 1460. The summed E-state index contributed by atoms with van der Waals surface area (Å²) in [6.45, 7) is 0.864. The predicted octanol–water partition coefficient (Wildman–Crippen LogP) is 4.68. The lowest BCUT2D eigenvalue weighted by atomic mass is 10.0. The maximum atomic E-state index is 13.5. The lowest BCUT2D eigenvalue weighted by Gasteiger charge is -2.37. The van der Waals surface area contributed by atoms with Gasteiger partial charge < -0.3 is 14.5 Å². The number of ether oxygens (including phenoxy) is 1. The van der Waals surface area contributed by atoms with Gasteiger partial charge in [-0.15, -0.1) is 0 Å². The van der Waals surface area contributed by atoms with E-state index in [1.807, 2.05) is 35.2 Å². The Balaban J connectivity index is 1.49. The van der Waals surface area contributed by atoms with Crippen molar-refractivity contribution in [3.63, 3.8) is 0 Å². The highest BCUT2D eigenvalue weighted by Gasteiger charge is 2.37. The van der Waals surface area contributed by atoms with Crippen LogP contribution >= 0.6 is 0 Å². The van der Waals surface area contributed by atoms with E-state index in [1.54, 1.807) is 6.07 Å². The van der Waals surface area contributed by atoms with Crippen LogP contribution < -0.4 is 9.64 Å². The van der Waals surface area contributed by atoms with E-state index in [-0.39, 0.29) is 37.6 Å². The van der Waals surface area contributed by atoms with Crippen LogP contribution in [0.3, 0.4) is 0 Å². The van der Waals surface area contributed by atoms with Crippen LogP contribution in [-0.2, 0) is 22.6 Å². The number of amides is 1. The van der Waals surface area contributed by atoms with Crippen LogP contribution in [0.5, 0.6) is 5.75 Å². The molecular weight excluding hydrogens is 550 g/mol. The van der Waals surface area contributed by atoms with Crippen LogP contribution in [0.4, 0.5) is 23.2 Å². The lowest BCUT2D eigenvalue weighted by Crippen LogP contribution is -2.49. The van der Waals surface area contributed by atoms with E-state index in [2.05, 4.69) is 0 Å². The van der Waals surface area contributed by atoms with Crippen molar-refractivity contribution >= 4 is 21.6 Å². The van der Waals surface area contributed by atoms with E-state index in [4.69, 9.17) is 4.74 Å². The standard InChI is InChI=1S/C28H29F4N3O4S/c1-33(13-12-20-6-4-3-5-7-20)40(37,38)22-9-11-26(39-2)25(19-22)34-14-16-35(17-15-34)27(36)23-10-8-21(29)18-24(23)28(30,31)32/h3-11,18-19H,12-17H2,1-2H3. The first-order valence-electron chi connectivity index (χ1n) is 12.5. The highest BCUT2D eigenvalue weighted by atomic mass is 32.2. The van der Waals surface area contributed by atoms with Gasteiger partial charge in [-0.1, -0.05) is 30.3 Å². The number of benzene rings is 3. The molecule has 1 amide bonds. The van der Waals surface area contributed by atoms with Crippen molar-refractivity contribution in [3.05, 3.63) is 89.2 Å². The van der Waals surface area contributed by atoms with Crippen molar-refractivity contribution in [2.24, 2.45) is 0 Å². The Morgan fingerprint density at radius 2 is 1.65 bits per heavy atom. The van der Waals surface area contributed by atoms with Gasteiger partial charge in [0.2, 0.25) is 10.0 Å². The van der Waals surface area contributed by atoms with E-state index in [0.29, 0.717) is 23.9 Å². The van der Waals surface area contributed by atoms with Crippen LogP contribution in [0.25, 0.3) is 0 Å². The molecule has 1 saturated heterocycles. The third kappa shape index (κ3) is 6.39. The molecule has 0 N–H and O–H groups in total. The third-order valence-electron chi connectivity index (χ3n) is 6.84. The molecule has 7 nitrogen and oxygen atoms in total. The first-order valence-corrected chi connectivity index (χ1v) is 13.9. The Hall–Kier alpha value is -3.64. The molecule has 0 spiro atoms. The molecule has 214 valence electrons. The molecule has 0 aromatic heterocycles. The summed E-state index contributed by atoms with van der Waals surface area (Å²) in [5.41, 5.74) is -0.442. The van der Waals surface area contributed by atoms with E-state index >= 15 is 0 Å². The first-order chi connectivity index (χ1) is 18.9. The number of piperazine rings is 1. The molecule has 3 aromatic carbocycles. The second-order valence-corrected chi connectivity index (χ2v) is 11.4. The molecule has 0 atom stereocenters. The number of alkyl halides is 3. The number of halogens is 4. The second kappa shape index (κ2) is 11.8. The van der Waals surface area contributed by atoms with Gasteiger partial charge in [0, 0.05) is 39.8 Å². The summed E-state index contributed by atoms with van der Waals surface area (Å²) < 4.78 is 87.2. The molecular formula is C28H29F4N3O4S. The van der Waals surface area contributed by atoms with Crippen molar-refractivity contribution in [2.45, 2.75) is 17.5 Å². The number of anilines is 1. The van der Waals surface area contributed by atoms with E-state index < -0.39 is 39.1 Å². The zero-order chi connectivity index (χ0) is 29.1. The smallest absolute Gasteiger partial charge is 0.417 e. The summed E-state index contributed by atoms with van der Waals surface area (Å²) >= 11 is 0. The maximum absolute atomic E-state index is 13.5. The molecule has 0 radical (unpaired) electrons. The van der Waals surface area contributed by atoms with Crippen molar-refractivity contribution in [1.29, 1.82) is 0 Å². The summed E-state index contributed by atoms with van der Waals surface area (Å²) in [6, 6.07) is 16.0. The van der Waals surface area contributed by atoms with Crippen LogP contribution in [-0.4, -0.2) is 70.4 Å². The SMILES string of the molecule is COc1ccc(S(=O)(=O)N(C)CCc2ccccc2)cc1N1CCN(C(=O)c2ccc(F)cc2C(F)(F)F)CC1. The monoisotopic (exact) mass is 579 g/mol. The van der Waals surface area contributed by atoms with Gasteiger partial charge in [-0.25, -0.2) is 17.1 Å². The number of methoxy groups -OCH3 is 1. The highest BCUT2D eigenvalue weighted by molar-refractivity contribution is 7.89. The fourth-order valence-corrected chi connectivity index (χ4v) is 5.76. The minimum absolute atomic E-state index is 0.0681. The molecule has 4 rings (SSSR count). The number of carbonyl (C=O) groups is 1. The van der Waals surface area contributed by atoms with Crippen LogP contribution in [0, 0.1) is 5.82 Å². The summed E-state index contributed by atoms with van der Waals surface area (Å²) in [5.74, 6) is -1.51. The maximum Gasteiger partial charge on any atom is 0.417 e. The minimum Gasteiger partial charge on any atom is -0.495 e. The van der Waals surface area contributed by atoms with Crippen LogP contribution in [0.15, 0.2) is 71.6 Å². The van der Waals surface area contributed by atoms with Crippen LogP contribution in [0.1, 0.15) is 21.5 Å². The number of hydrogen-bond acceptors (Lipinski definition) is 5. The van der Waals surface area contributed by atoms with Gasteiger partial charge in [0.15, 0.2) is 0 Å². The van der Waals surface area contributed by atoms with Crippen molar-refractivity contribution in [2.75, 3.05) is 51.8 Å². The van der Waals surface area contributed by atoms with Crippen molar-refractivity contribution in [1.82, 2.24) is 9.21 Å². The van der Waals surface area contributed by atoms with Gasteiger partial charge in [-0.05, 0) is 48.4 Å². The van der Waals surface area contributed by atoms with Gasteiger partial charge in [-0.3, -0.25) is 4.79 Å². The number of likely N-dealkylation sites (N-methyl/N-ethyl adjacent to an activating group) is 1. The molecule has 1 aliphatic rings. The molecule has 0 bridgehead atoms. The second-order valence-electron chi connectivity index (χ2n) is 9.36.